The maximum absolute atomic E-state index is 10.3. The zero-order chi connectivity index (χ0) is 13.3. The van der Waals surface area contributed by atoms with Crippen molar-refractivity contribution in [1.29, 1.82) is 0 Å². The van der Waals surface area contributed by atoms with E-state index >= 15 is 0 Å². The molecule has 5 rings (SSSR count). The fourth-order valence-electron chi connectivity index (χ4n) is 3.45. The maximum Gasteiger partial charge on any atom is 0.140 e. The Balaban J connectivity index is 2.32. The third-order valence-corrected chi connectivity index (χ3v) is 4.22. The Labute approximate surface area is 114 Å². The Hall–Kier alpha value is -2.74. The molecule has 3 aromatic carbocycles. The van der Waals surface area contributed by atoms with E-state index in [0.717, 1.165) is 16.4 Å². The minimum absolute atomic E-state index is 0.335. The quantitative estimate of drug-likeness (QED) is 0.432. The molecule has 2 aromatic heterocycles. The number of nitrogens with zero attached hydrogens (tertiary/aromatic N) is 1. The smallest absolute Gasteiger partial charge is 0.140 e. The molecule has 0 aliphatic carbocycles. The molecular weight excluding hydrogens is 246 g/mol. The van der Waals surface area contributed by atoms with Crippen LogP contribution in [-0.2, 0) is 0 Å². The van der Waals surface area contributed by atoms with Crippen LogP contribution in [0.4, 0.5) is 0 Å². The molecule has 0 atom stereocenters. The number of phenolic OH excluding ortho intramolecular Hbond substituents is 1. The first-order valence-corrected chi connectivity index (χ1v) is 6.71. The summed E-state index contributed by atoms with van der Waals surface area (Å²) in [6.45, 7) is 0. The standard InChI is InChI=1S/C18H11NO/c20-16-10-4-8-14-13-7-3-6-12-11-5-1-2-9-15(11)19(17(12)13)18(14)16/h1-10,20H. The van der Waals surface area contributed by atoms with Gasteiger partial charge in [0.25, 0.3) is 0 Å². The Kier molecular flexibility index (Phi) is 1.63. The van der Waals surface area contributed by atoms with Crippen molar-refractivity contribution in [2.75, 3.05) is 0 Å². The molecule has 0 radical (unpaired) electrons. The summed E-state index contributed by atoms with van der Waals surface area (Å²) in [7, 11) is 0. The van der Waals surface area contributed by atoms with Gasteiger partial charge >= 0.3 is 0 Å². The number of aromatic nitrogens is 1. The predicted octanol–water partition coefficient (Wildman–Crippen LogP) is 4.54. The number of aromatic hydroxyl groups is 1. The minimum atomic E-state index is 0.335. The van der Waals surface area contributed by atoms with Crippen LogP contribution in [-0.4, -0.2) is 9.51 Å². The van der Waals surface area contributed by atoms with E-state index in [-0.39, 0.29) is 0 Å². The van der Waals surface area contributed by atoms with E-state index < -0.39 is 0 Å². The van der Waals surface area contributed by atoms with Gasteiger partial charge in [0.2, 0.25) is 0 Å². The first-order valence-electron chi connectivity index (χ1n) is 6.71. The van der Waals surface area contributed by atoms with E-state index in [9.17, 15) is 5.11 Å². The fourth-order valence-corrected chi connectivity index (χ4v) is 3.45. The molecule has 5 aromatic rings. The topological polar surface area (TPSA) is 24.6 Å². The zero-order valence-corrected chi connectivity index (χ0v) is 10.7. The molecule has 20 heavy (non-hydrogen) atoms. The highest BCUT2D eigenvalue weighted by molar-refractivity contribution is 6.23. The molecule has 1 N–H and O–H groups in total. The van der Waals surface area contributed by atoms with Crippen LogP contribution in [0.15, 0.2) is 60.7 Å². The molecule has 2 heteroatoms. The molecule has 0 bridgehead atoms. The van der Waals surface area contributed by atoms with Crippen molar-refractivity contribution in [2.45, 2.75) is 0 Å². The van der Waals surface area contributed by atoms with Crippen LogP contribution in [0.1, 0.15) is 0 Å². The molecule has 2 nitrogen and oxygen atoms in total. The van der Waals surface area contributed by atoms with Crippen LogP contribution < -0.4 is 0 Å². The van der Waals surface area contributed by atoms with Gasteiger partial charge in [-0.25, -0.2) is 0 Å². The van der Waals surface area contributed by atoms with E-state index in [0.29, 0.717) is 5.75 Å². The number of para-hydroxylation sites is 3. The Morgan fingerprint density at radius 1 is 0.600 bits per heavy atom. The average Bonchev–Trinajstić information content (AvgIpc) is 3.00. The Morgan fingerprint density at radius 3 is 2.05 bits per heavy atom. The number of benzene rings is 3. The van der Waals surface area contributed by atoms with Gasteiger partial charge in [-0.05, 0) is 12.1 Å². The van der Waals surface area contributed by atoms with Gasteiger partial charge in [-0.15, -0.1) is 0 Å². The second-order valence-electron chi connectivity index (χ2n) is 5.23. The van der Waals surface area contributed by atoms with Gasteiger partial charge in [0, 0.05) is 21.5 Å². The first kappa shape index (κ1) is 10.1. The highest BCUT2D eigenvalue weighted by atomic mass is 16.3. The number of rotatable bonds is 0. The number of hydrogen-bond donors (Lipinski definition) is 1. The number of hydrogen-bond acceptors (Lipinski definition) is 1. The van der Waals surface area contributed by atoms with Gasteiger partial charge in [-0.3, -0.25) is 0 Å². The van der Waals surface area contributed by atoms with E-state index in [2.05, 4.69) is 46.9 Å². The van der Waals surface area contributed by atoms with Crippen molar-refractivity contribution in [1.82, 2.24) is 4.40 Å². The molecule has 0 saturated carbocycles. The van der Waals surface area contributed by atoms with Crippen LogP contribution in [0.5, 0.6) is 5.75 Å². The third kappa shape index (κ3) is 0.980. The molecule has 0 aliphatic heterocycles. The maximum atomic E-state index is 10.3. The molecule has 94 valence electrons. The first-order chi connectivity index (χ1) is 9.86. The fraction of sp³-hybridized carbons (Fsp3) is 0. The summed E-state index contributed by atoms with van der Waals surface area (Å²) in [4.78, 5) is 0. The average molecular weight is 257 g/mol. The minimum Gasteiger partial charge on any atom is -0.506 e. The van der Waals surface area contributed by atoms with Gasteiger partial charge < -0.3 is 9.51 Å². The monoisotopic (exact) mass is 257 g/mol. The van der Waals surface area contributed by atoms with E-state index in [1.807, 2.05) is 12.1 Å². The van der Waals surface area contributed by atoms with Crippen molar-refractivity contribution < 1.29 is 5.11 Å². The molecule has 2 heterocycles. The Bertz CT molecular complexity index is 1100. The van der Waals surface area contributed by atoms with Crippen LogP contribution in [0.25, 0.3) is 38.1 Å². The van der Waals surface area contributed by atoms with Crippen molar-refractivity contribution in [3.63, 3.8) is 0 Å². The molecule has 0 unspecified atom stereocenters. The van der Waals surface area contributed by atoms with Crippen molar-refractivity contribution >= 4 is 38.1 Å². The van der Waals surface area contributed by atoms with E-state index in [1.165, 1.54) is 21.7 Å². The number of fused-ring (bicyclic) bond motifs is 6. The van der Waals surface area contributed by atoms with Crippen LogP contribution in [0.2, 0.25) is 0 Å². The van der Waals surface area contributed by atoms with Gasteiger partial charge in [0.1, 0.15) is 5.75 Å². The van der Waals surface area contributed by atoms with E-state index in [1.54, 1.807) is 6.07 Å². The lowest BCUT2D eigenvalue weighted by Gasteiger charge is -1.99. The third-order valence-electron chi connectivity index (χ3n) is 4.22. The summed E-state index contributed by atoms with van der Waals surface area (Å²) in [5.41, 5.74) is 3.25. The Morgan fingerprint density at radius 2 is 1.20 bits per heavy atom. The lowest BCUT2D eigenvalue weighted by Crippen LogP contribution is -1.80. The van der Waals surface area contributed by atoms with E-state index in [4.69, 9.17) is 0 Å². The lowest BCUT2D eigenvalue weighted by molar-refractivity contribution is 0.480. The van der Waals surface area contributed by atoms with Crippen molar-refractivity contribution in [2.24, 2.45) is 0 Å². The summed E-state index contributed by atoms with van der Waals surface area (Å²) < 4.78 is 2.19. The molecule has 0 amide bonds. The van der Waals surface area contributed by atoms with Gasteiger partial charge in [-0.1, -0.05) is 48.5 Å². The second-order valence-corrected chi connectivity index (χ2v) is 5.23. The predicted molar refractivity (Wildman–Crippen MR) is 82.8 cm³/mol. The number of phenols is 1. The summed E-state index contributed by atoms with van der Waals surface area (Å²) in [5, 5.41) is 15.1. The largest absolute Gasteiger partial charge is 0.506 e. The van der Waals surface area contributed by atoms with Crippen LogP contribution in [0, 0.1) is 0 Å². The van der Waals surface area contributed by atoms with Gasteiger partial charge in [0.15, 0.2) is 0 Å². The zero-order valence-electron chi connectivity index (χ0n) is 10.7. The SMILES string of the molecule is Oc1cccc2c3cccc4c5ccccc5n(c12)c43. The van der Waals surface area contributed by atoms with Crippen molar-refractivity contribution in [3.05, 3.63) is 60.7 Å². The summed E-state index contributed by atoms with van der Waals surface area (Å²) in [5.74, 6) is 0.335. The van der Waals surface area contributed by atoms with Crippen LogP contribution >= 0.6 is 0 Å². The molecule has 0 saturated heterocycles. The van der Waals surface area contributed by atoms with Crippen molar-refractivity contribution in [3.8, 4) is 5.75 Å². The molecule has 0 fully saturated rings. The molecular formula is C18H11NO. The molecule has 0 aliphatic rings. The van der Waals surface area contributed by atoms with Gasteiger partial charge in [0.05, 0.1) is 16.6 Å². The summed E-state index contributed by atoms with van der Waals surface area (Å²) in [6.07, 6.45) is 0. The normalized spacial score (nSPS) is 12.2. The van der Waals surface area contributed by atoms with Crippen LogP contribution in [0.3, 0.4) is 0 Å². The molecule has 0 spiro atoms. The lowest BCUT2D eigenvalue weighted by atomic mass is 10.1. The highest BCUT2D eigenvalue weighted by Crippen LogP contribution is 2.41. The second kappa shape index (κ2) is 3.23. The summed E-state index contributed by atoms with van der Waals surface area (Å²) in [6, 6.07) is 20.5. The highest BCUT2D eigenvalue weighted by Gasteiger charge is 2.17. The summed E-state index contributed by atoms with van der Waals surface area (Å²) >= 11 is 0. The van der Waals surface area contributed by atoms with Gasteiger partial charge in [-0.2, -0.15) is 0 Å².